The fraction of sp³-hybridized carbons (Fsp3) is 0.167. The number of fused-ring (bicyclic) bond motifs is 3. The molecule has 0 bridgehead atoms. The first-order valence-electron chi connectivity index (χ1n) is 9.63. The van der Waals surface area contributed by atoms with Crippen molar-refractivity contribution >= 4 is 12.1 Å². The maximum atomic E-state index is 14.2. The van der Waals surface area contributed by atoms with E-state index in [1.807, 2.05) is 48.5 Å². The maximum absolute atomic E-state index is 14.2. The lowest BCUT2D eigenvalue weighted by Crippen LogP contribution is -2.50. The van der Waals surface area contributed by atoms with Crippen LogP contribution in [0, 0.1) is 11.6 Å². The topological polar surface area (TPSA) is 75.6 Å². The summed E-state index contributed by atoms with van der Waals surface area (Å²) in [5.41, 5.74) is 1.36. The molecule has 0 aromatic heterocycles. The Hall–Kier alpha value is -3.74. The highest BCUT2D eigenvalue weighted by molar-refractivity contribution is 5.85. The number of carboxylic acid groups (broad SMARTS) is 1. The molecule has 0 fully saturated rings. The zero-order valence-electron chi connectivity index (χ0n) is 16.6. The van der Waals surface area contributed by atoms with Crippen LogP contribution in [0.25, 0.3) is 11.1 Å². The molecular weight excluding hydrogens is 404 g/mol. The quantitative estimate of drug-likeness (QED) is 0.618. The van der Waals surface area contributed by atoms with Crippen molar-refractivity contribution in [2.75, 3.05) is 6.61 Å². The van der Waals surface area contributed by atoms with Crippen molar-refractivity contribution in [3.8, 4) is 11.1 Å². The predicted octanol–water partition coefficient (Wildman–Crippen LogP) is 4.80. The second kappa shape index (κ2) is 7.83. The molecule has 1 atom stereocenters. The van der Waals surface area contributed by atoms with Gasteiger partial charge >= 0.3 is 12.1 Å². The number of nitrogens with one attached hydrogen (secondary N) is 1. The number of halogens is 2. The third-order valence-electron chi connectivity index (χ3n) is 5.59. The van der Waals surface area contributed by atoms with Gasteiger partial charge in [0.25, 0.3) is 0 Å². The standard InChI is InChI=1S/C24H19F2NO4/c1-24(22(28)29,20-12-14(25)10-11-21(20)26)27-23(30)31-13-19-17-8-4-2-6-15(17)16-7-3-5-9-18(16)19/h2-12,19H,13H2,1H3,(H,27,30)(H,28,29). The average molecular weight is 423 g/mol. The molecule has 0 heterocycles. The summed E-state index contributed by atoms with van der Waals surface area (Å²) in [6.07, 6.45) is -1.05. The highest BCUT2D eigenvalue weighted by Gasteiger charge is 2.40. The van der Waals surface area contributed by atoms with Crippen LogP contribution in [0.5, 0.6) is 0 Å². The van der Waals surface area contributed by atoms with Gasteiger partial charge in [-0.2, -0.15) is 0 Å². The van der Waals surface area contributed by atoms with Crippen molar-refractivity contribution in [2.45, 2.75) is 18.4 Å². The summed E-state index contributed by atoms with van der Waals surface area (Å²) < 4.78 is 33.2. The summed E-state index contributed by atoms with van der Waals surface area (Å²) in [5, 5.41) is 11.8. The molecule has 7 heteroatoms. The minimum absolute atomic E-state index is 0.0405. The third-order valence-corrected chi connectivity index (χ3v) is 5.59. The third kappa shape index (κ3) is 3.63. The zero-order chi connectivity index (χ0) is 22.2. The van der Waals surface area contributed by atoms with Gasteiger partial charge in [-0.25, -0.2) is 18.4 Å². The van der Waals surface area contributed by atoms with Crippen LogP contribution < -0.4 is 5.32 Å². The van der Waals surface area contributed by atoms with E-state index < -0.39 is 34.8 Å². The van der Waals surface area contributed by atoms with E-state index in [0.29, 0.717) is 0 Å². The lowest BCUT2D eigenvalue weighted by Gasteiger charge is -2.27. The molecule has 1 aliphatic rings. The Morgan fingerprint density at radius 1 is 1.00 bits per heavy atom. The van der Waals surface area contributed by atoms with Crippen LogP contribution in [0.2, 0.25) is 0 Å². The molecule has 0 spiro atoms. The van der Waals surface area contributed by atoms with E-state index in [4.69, 9.17) is 4.74 Å². The molecule has 0 aliphatic heterocycles. The number of hydrogen-bond donors (Lipinski definition) is 2. The van der Waals surface area contributed by atoms with E-state index >= 15 is 0 Å². The molecule has 0 saturated carbocycles. The molecule has 5 nitrogen and oxygen atoms in total. The number of amides is 1. The molecule has 158 valence electrons. The van der Waals surface area contributed by atoms with E-state index in [9.17, 15) is 23.5 Å². The van der Waals surface area contributed by atoms with Crippen LogP contribution in [0.4, 0.5) is 13.6 Å². The first-order valence-corrected chi connectivity index (χ1v) is 9.63. The van der Waals surface area contributed by atoms with Crippen molar-refractivity contribution in [2.24, 2.45) is 0 Å². The highest BCUT2D eigenvalue weighted by Crippen LogP contribution is 2.44. The molecule has 0 saturated heterocycles. The number of aliphatic carboxylic acids is 1. The van der Waals surface area contributed by atoms with E-state index in [2.05, 4.69) is 5.32 Å². The fourth-order valence-electron chi connectivity index (χ4n) is 3.96. The van der Waals surface area contributed by atoms with Gasteiger partial charge in [0.1, 0.15) is 18.2 Å². The summed E-state index contributed by atoms with van der Waals surface area (Å²) in [7, 11) is 0. The lowest BCUT2D eigenvalue weighted by molar-refractivity contribution is -0.144. The number of carbonyl (C=O) groups excluding carboxylic acids is 1. The summed E-state index contributed by atoms with van der Waals surface area (Å²) in [4.78, 5) is 24.3. The molecule has 2 N–H and O–H groups in total. The molecule has 1 aliphatic carbocycles. The SMILES string of the molecule is CC(NC(=O)OCC1c2ccccc2-c2ccccc21)(C(=O)O)c1cc(F)ccc1F. The Labute approximate surface area is 177 Å². The Balaban J connectivity index is 1.55. The molecule has 31 heavy (non-hydrogen) atoms. The van der Waals surface area contributed by atoms with Crippen molar-refractivity contribution in [1.82, 2.24) is 5.32 Å². The smallest absolute Gasteiger partial charge is 0.408 e. The second-order valence-corrected chi connectivity index (χ2v) is 7.50. The number of ether oxygens (including phenoxy) is 1. The second-order valence-electron chi connectivity index (χ2n) is 7.50. The van der Waals surface area contributed by atoms with Crippen molar-refractivity contribution in [3.63, 3.8) is 0 Å². The van der Waals surface area contributed by atoms with Gasteiger partial charge in [-0.15, -0.1) is 0 Å². The van der Waals surface area contributed by atoms with Crippen LogP contribution in [-0.4, -0.2) is 23.8 Å². The minimum atomic E-state index is -2.21. The van der Waals surface area contributed by atoms with Crippen LogP contribution in [0.1, 0.15) is 29.5 Å². The van der Waals surface area contributed by atoms with E-state index in [-0.39, 0.29) is 12.5 Å². The summed E-state index contributed by atoms with van der Waals surface area (Å²) in [6, 6.07) is 17.9. The molecule has 3 aromatic carbocycles. The maximum Gasteiger partial charge on any atom is 0.408 e. The summed E-state index contributed by atoms with van der Waals surface area (Å²) >= 11 is 0. The molecule has 1 unspecified atom stereocenters. The Bertz CT molecular complexity index is 1130. The average Bonchev–Trinajstić information content (AvgIpc) is 3.07. The Morgan fingerprint density at radius 3 is 2.16 bits per heavy atom. The van der Waals surface area contributed by atoms with Crippen molar-refractivity contribution < 1.29 is 28.2 Å². The largest absolute Gasteiger partial charge is 0.479 e. The predicted molar refractivity (Wildman–Crippen MR) is 110 cm³/mol. The van der Waals surface area contributed by atoms with E-state index in [0.717, 1.165) is 47.4 Å². The molecular formula is C24H19F2NO4. The Kier molecular flexibility index (Phi) is 5.19. The first-order chi connectivity index (χ1) is 14.8. The molecule has 1 amide bonds. The van der Waals surface area contributed by atoms with Gasteiger partial charge in [0.05, 0.1) is 0 Å². The van der Waals surface area contributed by atoms with Crippen LogP contribution in [-0.2, 0) is 15.1 Å². The van der Waals surface area contributed by atoms with Gasteiger partial charge in [-0.3, -0.25) is 0 Å². The number of alkyl carbamates (subject to hydrolysis) is 1. The van der Waals surface area contributed by atoms with Gasteiger partial charge in [0.2, 0.25) is 0 Å². The van der Waals surface area contributed by atoms with E-state index in [1.165, 1.54) is 0 Å². The zero-order valence-corrected chi connectivity index (χ0v) is 16.6. The number of rotatable bonds is 5. The number of carboxylic acids is 1. The normalized spacial score (nSPS) is 14.3. The Morgan fingerprint density at radius 2 is 1.58 bits per heavy atom. The van der Waals surface area contributed by atoms with Crippen LogP contribution in [0.15, 0.2) is 66.7 Å². The molecule has 3 aromatic rings. The van der Waals surface area contributed by atoms with Gasteiger partial charge in [0, 0.05) is 11.5 Å². The molecule has 0 radical (unpaired) electrons. The molecule has 4 rings (SSSR count). The van der Waals surface area contributed by atoms with Gasteiger partial charge in [-0.05, 0) is 47.4 Å². The van der Waals surface area contributed by atoms with Crippen LogP contribution >= 0.6 is 0 Å². The van der Waals surface area contributed by atoms with Crippen LogP contribution in [0.3, 0.4) is 0 Å². The highest BCUT2D eigenvalue weighted by atomic mass is 19.1. The summed E-state index contributed by atoms with van der Waals surface area (Å²) in [5.74, 6) is -3.55. The lowest BCUT2D eigenvalue weighted by atomic mass is 9.91. The van der Waals surface area contributed by atoms with Gasteiger partial charge < -0.3 is 15.2 Å². The fourth-order valence-corrected chi connectivity index (χ4v) is 3.96. The number of benzene rings is 3. The van der Waals surface area contributed by atoms with Crippen molar-refractivity contribution in [1.29, 1.82) is 0 Å². The minimum Gasteiger partial charge on any atom is -0.479 e. The first kappa shape index (κ1) is 20.5. The number of carbonyl (C=O) groups is 2. The van der Waals surface area contributed by atoms with Gasteiger partial charge in [-0.1, -0.05) is 48.5 Å². The van der Waals surface area contributed by atoms with Gasteiger partial charge in [0.15, 0.2) is 5.54 Å². The summed E-state index contributed by atoms with van der Waals surface area (Å²) in [6.45, 7) is 1.04. The van der Waals surface area contributed by atoms with E-state index in [1.54, 1.807) is 0 Å². The monoisotopic (exact) mass is 423 g/mol. The number of hydrogen-bond acceptors (Lipinski definition) is 3. The van der Waals surface area contributed by atoms with Crippen molar-refractivity contribution in [3.05, 3.63) is 95.1 Å².